The van der Waals surface area contributed by atoms with Crippen molar-refractivity contribution in [1.29, 1.82) is 0 Å². The van der Waals surface area contributed by atoms with Crippen LogP contribution in [0.3, 0.4) is 0 Å². The van der Waals surface area contributed by atoms with E-state index in [0.717, 1.165) is 17.7 Å². The topological polar surface area (TPSA) is 41.5 Å². The SMILES string of the molecule is CC1N[C@H](O)CC1COc1ccccc1C=Cc1ccccc1. The number of aliphatic hydroxyl groups excluding tert-OH is 1. The molecule has 3 heteroatoms. The van der Waals surface area contributed by atoms with Crippen LogP contribution in [0.2, 0.25) is 0 Å². The van der Waals surface area contributed by atoms with E-state index in [1.807, 2.05) is 36.4 Å². The maximum absolute atomic E-state index is 9.65. The first-order valence-corrected chi connectivity index (χ1v) is 8.11. The minimum atomic E-state index is -0.410. The molecule has 1 aliphatic rings. The van der Waals surface area contributed by atoms with Crippen molar-refractivity contribution in [2.24, 2.45) is 5.92 Å². The quantitative estimate of drug-likeness (QED) is 0.830. The zero-order chi connectivity index (χ0) is 16.1. The second kappa shape index (κ2) is 7.44. The van der Waals surface area contributed by atoms with Gasteiger partial charge in [0.15, 0.2) is 0 Å². The molecule has 1 saturated heterocycles. The number of ether oxygens (including phenoxy) is 1. The molecule has 0 spiro atoms. The molecule has 1 aliphatic heterocycles. The molecule has 0 aliphatic carbocycles. The van der Waals surface area contributed by atoms with Crippen molar-refractivity contribution in [3.05, 3.63) is 65.7 Å². The summed E-state index contributed by atoms with van der Waals surface area (Å²) in [5.74, 6) is 1.21. The highest BCUT2D eigenvalue weighted by atomic mass is 16.5. The summed E-state index contributed by atoms with van der Waals surface area (Å²) in [4.78, 5) is 0. The Hall–Kier alpha value is -2.10. The molecule has 0 saturated carbocycles. The minimum absolute atomic E-state index is 0.275. The van der Waals surface area contributed by atoms with Gasteiger partial charge in [0.05, 0.1) is 6.61 Å². The third-order valence-corrected chi connectivity index (χ3v) is 4.32. The highest BCUT2D eigenvalue weighted by Crippen LogP contribution is 2.24. The summed E-state index contributed by atoms with van der Waals surface area (Å²) in [6, 6.07) is 18.6. The monoisotopic (exact) mass is 309 g/mol. The predicted molar refractivity (Wildman–Crippen MR) is 94.0 cm³/mol. The fourth-order valence-corrected chi connectivity index (χ4v) is 2.91. The van der Waals surface area contributed by atoms with Crippen molar-refractivity contribution in [3.63, 3.8) is 0 Å². The van der Waals surface area contributed by atoms with Crippen molar-refractivity contribution in [3.8, 4) is 5.75 Å². The van der Waals surface area contributed by atoms with Gasteiger partial charge in [-0.2, -0.15) is 0 Å². The van der Waals surface area contributed by atoms with Gasteiger partial charge in [-0.1, -0.05) is 60.7 Å². The number of hydrogen-bond donors (Lipinski definition) is 2. The van der Waals surface area contributed by atoms with Gasteiger partial charge < -0.3 is 9.84 Å². The number of rotatable bonds is 5. The largest absolute Gasteiger partial charge is 0.493 e. The number of aliphatic hydroxyl groups is 1. The molecule has 3 rings (SSSR count). The smallest absolute Gasteiger partial charge is 0.126 e. The summed E-state index contributed by atoms with van der Waals surface area (Å²) in [5.41, 5.74) is 2.23. The molecule has 3 nitrogen and oxygen atoms in total. The fraction of sp³-hybridized carbons (Fsp3) is 0.300. The van der Waals surface area contributed by atoms with E-state index in [9.17, 15) is 5.11 Å². The second-order valence-electron chi connectivity index (χ2n) is 6.06. The number of hydrogen-bond acceptors (Lipinski definition) is 3. The summed E-state index contributed by atoms with van der Waals surface area (Å²) >= 11 is 0. The van der Waals surface area contributed by atoms with Crippen LogP contribution < -0.4 is 10.1 Å². The first kappa shape index (κ1) is 15.8. The summed E-state index contributed by atoms with van der Waals surface area (Å²) in [6.45, 7) is 2.70. The summed E-state index contributed by atoms with van der Waals surface area (Å²) in [7, 11) is 0. The first-order chi connectivity index (χ1) is 11.2. The molecular formula is C20H23NO2. The van der Waals surface area contributed by atoms with E-state index < -0.39 is 6.23 Å². The molecular weight excluding hydrogens is 286 g/mol. The number of nitrogens with one attached hydrogen (secondary N) is 1. The Morgan fingerprint density at radius 3 is 2.57 bits per heavy atom. The van der Waals surface area contributed by atoms with Gasteiger partial charge in [0.1, 0.15) is 12.0 Å². The average molecular weight is 309 g/mol. The van der Waals surface area contributed by atoms with Gasteiger partial charge in [0, 0.05) is 17.5 Å². The molecule has 0 amide bonds. The number of para-hydroxylation sites is 1. The molecule has 0 aromatic heterocycles. The third-order valence-electron chi connectivity index (χ3n) is 4.32. The van der Waals surface area contributed by atoms with Crippen molar-refractivity contribution in [2.45, 2.75) is 25.6 Å². The van der Waals surface area contributed by atoms with E-state index in [-0.39, 0.29) is 6.04 Å². The predicted octanol–water partition coefficient (Wildman–Crippen LogP) is 3.55. The fourth-order valence-electron chi connectivity index (χ4n) is 2.91. The van der Waals surface area contributed by atoms with E-state index in [1.54, 1.807) is 0 Å². The Morgan fingerprint density at radius 2 is 1.83 bits per heavy atom. The van der Waals surface area contributed by atoms with Crippen molar-refractivity contribution < 1.29 is 9.84 Å². The molecule has 2 N–H and O–H groups in total. The standard InChI is InChI=1S/C20H23NO2/c1-15-18(13-20(22)21-15)14-23-19-10-6-5-9-17(19)12-11-16-7-3-2-4-8-16/h2-12,15,18,20-22H,13-14H2,1H3/t15?,18?,20-/m1/s1. The van der Waals surface area contributed by atoms with Crippen LogP contribution in [0.5, 0.6) is 5.75 Å². The minimum Gasteiger partial charge on any atom is -0.493 e. The number of benzene rings is 2. The van der Waals surface area contributed by atoms with E-state index in [2.05, 4.69) is 42.6 Å². The van der Waals surface area contributed by atoms with Gasteiger partial charge in [-0.3, -0.25) is 5.32 Å². The Balaban J connectivity index is 1.67. The van der Waals surface area contributed by atoms with Crippen LogP contribution in [-0.4, -0.2) is 24.0 Å². The molecule has 120 valence electrons. The molecule has 0 radical (unpaired) electrons. The van der Waals surface area contributed by atoms with Gasteiger partial charge >= 0.3 is 0 Å². The molecule has 1 heterocycles. The average Bonchev–Trinajstić information content (AvgIpc) is 2.90. The van der Waals surface area contributed by atoms with Crippen LogP contribution in [0.1, 0.15) is 24.5 Å². The lowest BCUT2D eigenvalue weighted by Gasteiger charge is -2.16. The van der Waals surface area contributed by atoms with Crippen LogP contribution in [0, 0.1) is 5.92 Å². The zero-order valence-electron chi connectivity index (χ0n) is 13.4. The maximum Gasteiger partial charge on any atom is 0.126 e. The lowest BCUT2D eigenvalue weighted by Crippen LogP contribution is -2.29. The van der Waals surface area contributed by atoms with Crippen LogP contribution in [0.15, 0.2) is 54.6 Å². The maximum atomic E-state index is 9.65. The summed E-state index contributed by atoms with van der Waals surface area (Å²) in [5, 5.41) is 12.8. The zero-order valence-corrected chi connectivity index (χ0v) is 13.4. The van der Waals surface area contributed by atoms with Gasteiger partial charge in [-0.15, -0.1) is 0 Å². The molecule has 0 bridgehead atoms. The van der Waals surface area contributed by atoms with Gasteiger partial charge in [0.25, 0.3) is 0 Å². The molecule has 2 aromatic rings. The van der Waals surface area contributed by atoms with Crippen molar-refractivity contribution in [2.75, 3.05) is 6.61 Å². The Bertz CT molecular complexity index is 654. The second-order valence-corrected chi connectivity index (χ2v) is 6.06. The van der Waals surface area contributed by atoms with Gasteiger partial charge in [-0.25, -0.2) is 0 Å². The van der Waals surface area contributed by atoms with Crippen LogP contribution in [0.25, 0.3) is 12.2 Å². The van der Waals surface area contributed by atoms with Crippen LogP contribution in [-0.2, 0) is 0 Å². The third kappa shape index (κ3) is 4.21. The molecule has 2 aromatic carbocycles. The van der Waals surface area contributed by atoms with E-state index >= 15 is 0 Å². The van der Waals surface area contributed by atoms with Gasteiger partial charge in [-0.05, 0) is 25.0 Å². The molecule has 2 unspecified atom stereocenters. The van der Waals surface area contributed by atoms with Crippen molar-refractivity contribution >= 4 is 12.2 Å². The van der Waals surface area contributed by atoms with Gasteiger partial charge in [0.2, 0.25) is 0 Å². The molecule has 1 fully saturated rings. The lowest BCUT2D eigenvalue weighted by atomic mass is 10.0. The highest BCUT2D eigenvalue weighted by molar-refractivity contribution is 5.72. The van der Waals surface area contributed by atoms with Crippen LogP contribution >= 0.6 is 0 Å². The van der Waals surface area contributed by atoms with E-state index in [4.69, 9.17) is 4.74 Å². The first-order valence-electron chi connectivity index (χ1n) is 8.11. The summed E-state index contributed by atoms with van der Waals surface area (Å²) in [6.07, 6.45) is 4.50. The Kier molecular flexibility index (Phi) is 5.11. The van der Waals surface area contributed by atoms with Crippen LogP contribution in [0.4, 0.5) is 0 Å². The van der Waals surface area contributed by atoms with E-state index in [0.29, 0.717) is 12.5 Å². The molecule has 23 heavy (non-hydrogen) atoms. The Labute approximate surface area is 137 Å². The Morgan fingerprint density at radius 1 is 1.09 bits per heavy atom. The van der Waals surface area contributed by atoms with E-state index in [1.165, 1.54) is 5.56 Å². The summed E-state index contributed by atoms with van der Waals surface area (Å²) < 4.78 is 6.03. The lowest BCUT2D eigenvalue weighted by molar-refractivity contribution is 0.149. The highest BCUT2D eigenvalue weighted by Gasteiger charge is 2.29. The molecule has 3 atom stereocenters. The normalized spacial score (nSPS) is 24.2. The van der Waals surface area contributed by atoms with Crippen molar-refractivity contribution in [1.82, 2.24) is 5.32 Å².